The summed E-state index contributed by atoms with van der Waals surface area (Å²) in [5, 5.41) is 4.51. The summed E-state index contributed by atoms with van der Waals surface area (Å²) in [7, 11) is 0. The van der Waals surface area contributed by atoms with Gasteiger partial charge in [0.15, 0.2) is 0 Å². The van der Waals surface area contributed by atoms with Crippen molar-refractivity contribution in [2.45, 2.75) is 13.5 Å². The van der Waals surface area contributed by atoms with Crippen LogP contribution in [0, 0.1) is 0 Å². The molecule has 0 aliphatic carbocycles. The fourth-order valence-electron chi connectivity index (χ4n) is 2.27. The summed E-state index contributed by atoms with van der Waals surface area (Å²) >= 11 is 0. The van der Waals surface area contributed by atoms with Gasteiger partial charge in [-0.1, -0.05) is 30.3 Å². The van der Waals surface area contributed by atoms with Crippen molar-refractivity contribution in [1.29, 1.82) is 0 Å². The Bertz CT molecular complexity index is 694. The van der Waals surface area contributed by atoms with E-state index in [1.807, 2.05) is 30.5 Å². The topological polar surface area (TPSA) is 37.0 Å². The maximum atomic E-state index is 5.86. The van der Waals surface area contributed by atoms with Gasteiger partial charge in [-0.05, 0) is 30.7 Å². The smallest absolute Gasteiger partial charge is 0.120 e. The van der Waals surface area contributed by atoms with Crippen molar-refractivity contribution in [2.75, 3.05) is 11.9 Å². The summed E-state index contributed by atoms with van der Waals surface area (Å²) in [5.74, 6) is 0.889. The molecule has 0 radical (unpaired) electrons. The first-order valence-corrected chi connectivity index (χ1v) is 6.88. The van der Waals surface area contributed by atoms with Crippen LogP contribution in [0.1, 0.15) is 12.5 Å². The normalized spacial score (nSPS) is 10.1. The lowest BCUT2D eigenvalue weighted by molar-refractivity contribution is 0.306. The van der Waals surface area contributed by atoms with Crippen LogP contribution in [0.2, 0.25) is 0 Å². The molecule has 110 valence electrons. The van der Waals surface area contributed by atoms with Crippen molar-refractivity contribution >= 4 is 29.0 Å². The highest BCUT2D eigenvalue weighted by Crippen LogP contribution is 2.27. The zero-order chi connectivity index (χ0) is 13.8. The molecule has 1 heterocycles. The first-order valence-electron chi connectivity index (χ1n) is 6.88. The molecule has 3 aromatic rings. The van der Waals surface area contributed by atoms with Gasteiger partial charge in [0.25, 0.3) is 0 Å². The number of anilines is 1. The quantitative estimate of drug-likeness (QED) is 0.722. The van der Waals surface area contributed by atoms with Crippen LogP contribution < -0.4 is 10.1 Å². The number of ether oxygens (including phenoxy) is 1. The van der Waals surface area contributed by atoms with E-state index in [0.29, 0.717) is 6.61 Å². The SMILES string of the molecule is CCNc1c[nH]c2ccc(OCc3ccccc3)cc12.Cl. The van der Waals surface area contributed by atoms with Crippen LogP contribution in [0.3, 0.4) is 0 Å². The molecule has 4 heteroatoms. The second-order valence-corrected chi connectivity index (χ2v) is 4.71. The predicted octanol–water partition coefficient (Wildman–Crippen LogP) is 4.60. The molecule has 0 unspecified atom stereocenters. The van der Waals surface area contributed by atoms with E-state index in [1.165, 1.54) is 5.56 Å². The van der Waals surface area contributed by atoms with Gasteiger partial charge in [0, 0.05) is 23.6 Å². The highest BCUT2D eigenvalue weighted by Gasteiger charge is 2.04. The van der Waals surface area contributed by atoms with Crippen LogP contribution in [-0.2, 0) is 6.61 Å². The molecule has 21 heavy (non-hydrogen) atoms. The third kappa shape index (κ3) is 3.50. The summed E-state index contributed by atoms with van der Waals surface area (Å²) in [4.78, 5) is 3.26. The van der Waals surface area contributed by atoms with Gasteiger partial charge in [0.05, 0.1) is 5.69 Å². The summed E-state index contributed by atoms with van der Waals surface area (Å²) in [6.07, 6.45) is 2.00. The lowest BCUT2D eigenvalue weighted by Crippen LogP contribution is -1.96. The summed E-state index contributed by atoms with van der Waals surface area (Å²) < 4.78 is 5.86. The maximum Gasteiger partial charge on any atom is 0.120 e. The molecule has 3 rings (SSSR count). The number of halogens is 1. The number of benzene rings is 2. The Hall–Kier alpha value is -2.13. The van der Waals surface area contributed by atoms with E-state index in [1.54, 1.807) is 0 Å². The number of fused-ring (bicyclic) bond motifs is 1. The van der Waals surface area contributed by atoms with Crippen LogP contribution in [0.4, 0.5) is 5.69 Å². The molecule has 2 aromatic carbocycles. The van der Waals surface area contributed by atoms with E-state index >= 15 is 0 Å². The Morgan fingerprint density at radius 1 is 1.10 bits per heavy atom. The third-order valence-electron chi connectivity index (χ3n) is 3.27. The fourth-order valence-corrected chi connectivity index (χ4v) is 2.27. The minimum absolute atomic E-state index is 0. The lowest BCUT2D eigenvalue weighted by atomic mass is 10.2. The zero-order valence-corrected chi connectivity index (χ0v) is 12.7. The number of hydrogen-bond acceptors (Lipinski definition) is 2. The Kier molecular flexibility index (Phi) is 5.12. The van der Waals surface area contributed by atoms with Gasteiger partial charge < -0.3 is 15.0 Å². The molecule has 0 atom stereocenters. The highest BCUT2D eigenvalue weighted by molar-refractivity contribution is 5.93. The molecule has 0 saturated carbocycles. The van der Waals surface area contributed by atoms with Crippen LogP contribution in [0.25, 0.3) is 10.9 Å². The predicted molar refractivity (Wildman–Crippen MR) is 90.5 cm³/mol. The van der Waals surface area contributed by atoms with E-state index in [-0.39, 0.29) is 12.4 Å². The Balaban J connectivity index is 0.00000161. The molecule has 3 nitrogen and oxygen atoms in total. The van der Waals surface area contributed by atoms with E-state index < -0.39 is 0 Å². The van der Waals surface area contributed by atoms with E-state index in [2.05, 4.69) is 41.5 Å². The van der Waals surface area contributed by atoms with E-state index in [0.717, 1.165) is 28.9 Å². The van der Waals surface area contributed by atoms with Crippen molar-refractivity contribution in [3.8, 4) is 5.75 Å². The fraction of sp³-hybridized carbons (Fsp3) is 0.176. The first kappa shape index (κ1) is 15.3. The minimum Gasteiger partial charge on any atom is -0.489 e. The number of H-pyrrole nitrogens is 1. The molecule has 0 amide bonds. The largest absolute Gasteiger partial charge is 0.489 e. The van der Waals surface area contributed by atoms with Crippen molar-refractivity contribution in [3.63, 3.8) is 0 Å². The summed E-state index contributed by atoms with van der Waals surface area (Å²) in [6, 6.07) is 16.3. The maximum absolute atomic E-state index is 5.86. The Morgan fingerprint density at radius 3 is 2.67 bits per heavy atom. The van der Waals surface area contributed by atoms with Crippen LogP contribution in [0.15, 0.2) is 54.7 Å². The standard InChI is InChI=1S/C17H18N2O.ClH/c1-2-18-17-11-19-16-9-8-14(10-15(16)17)20-12-13-6-4-3-5-7-13;/h3-11,18-19H,2,12H2,1H3;1H. The average molecular weight is 303 g/mol. The molecule has 0 bridgehead atoms. The average Bonchev–Trinajstić information content (AvgIpc) is 2.89. The number of rotatable bonds is 5. The van der Waals surface area contributed by atoms with E-state index in [9.17, 15) is 0 Å². The van der Waals surface area contributed by atoms with Gasteiger partial charge >= 0.3 is 0 Å². The summed E-state index contributed by atoms with van der Waals surface area (Å²) in [5.41, 5.74) is 3.41. The van der Waals surface area contributed by atoms with Gasteiger partial charge in [0.1, 0.15) is 12.4 Å². The van der Waals surface area contributed by atoms with E-state index in [4.69, 9.17) is 4.74 Å². The van der Waals surface area contributed by atoms with Gasteiger partial charge in [-0.15, -0.1) is 12.4 Å². The Labute approximate surface area is 130 Å². The van der Waals surface area contributed by atoms with Crippen molar-refractivity contribution in [2.24, 2.45) is 0 Å². The molecule has 2 N–H and O–H groups in total. The molecule has 0 fully saturated rings. The van der Waals surface area contributed by atoms with Crippen LogP contribution in [0.5, 0.6) is 5.75 Å². The second kappa shape index (κ2) is 7.04. The Morgan fingerprint density at radius 2 is 1.90 bits per heavy atom. The van der Waals surface area contributed by atoms with Gasteiger partial charge in [0.2, 0.25) is 0 Å². The number of hydrogen-bond donors (Lipinski definition) is 2. The molecular formula is C17H19ClN2O. The van der Waals surface area contributed by atoms with Gasteiger partial charge in [-0.25, -0.2) is 0 Å². The van der Waals surface area contributed by atoms with Crippen LogP contribution >= 0.6 is 12.4 Å². The van der Waals surface area contributed by atoms with Gasteiger partial charge in [-0.3, -0.25) is 0 Å². The molecular weight excluding hydrogens is 284 g/mol. The number of aromatic amines is 1. The molecule has 0 saturated heterocycles. The molecule has 0 aliphatic heterocycles. The highest BCUT2D eigenvalue weighted by atomic mass is 35.5. The minimum atomic E-state index is 0. The van der Waals surface area contributed by atoms with Crippen molar-refractivity contribution < 1.29 is 4.74 Å². The van der Waals surface area contributed by atoms with Crippen molar-refractivity contribution in [1.82, 2.24) is 4.98 Å². The van der Waals surface area contributed by atoms with Gasteiger partial charge in [-0.2, -0.15) is 0 Å². The third-order valence-corrected chi connectivity index (χ3v) is 3.27. The number of nitrogens with one attached hydrogen (secondary N) is 2. The number of aromatic nitrogens is 1. The van der Waals surface area contributed by atoms with Crippen molar-refractivity contribution in [3.05, 3.63) is 60.3 Å². The molecule has 0 aliphatic rings. The monoisotopic (exact) mass is 302 g/mol. The summed E-state index contributed by atoms with van der Waals surface area (Å²) in [6.45, 7) is 3.59. The van der Waals surface area contributed by atoms with Crippen LogP contribution in [-0.4, -0.2) is 11.5 Å². The first-order chi connectivity index (χ1) is 9.86. The molecule has 1 aromatic heterocycles. The lowest BCUT2D eigenvalue weighted by Gasteiger charge is -2.07. The second-order valence-electron chi connectivity index (χ2n) is 4.71. The zero-order valence-electron chi connectivity index (χ0n) is 11.9. The molecule has 0 spiro atoms.